The number of nitrogens with two attached hydrogens (primary N) is 1. The third-order valence-corrected chi connectivity index (χ3v) is 3.94. The van der Waals surface area contributed by atoms with Crippen molar-refractivity contribution >= 4 is 26.7 Å². The van der Waals surface area contributed by atoms with E-state index in [2.05, 4.69) is 28.1 Å². The van der Waals surface area contributed by atoms with Crippen molar-refractivity contribution in [2.75, 3.05) is 0 Å². The predicted molar refractivity (Wildman–Crippen MR) is 87.3 cm³/mol. The molecule has 0 saturated heterocycles. The lowest BCUT2D eigenvalue weighted by Gasteiger charge is -2.06. The Morgan fingerprint density at radius 2 is 1.86 bits per heavy atom. The van der Waals surface area contributed by atoms with Gasteiger partial charge in [-0.15, -0.1) is 0 Å². The van der Waals surface area contributed by atoms with Gasteiger partial charge in [0, 0.05) is 16.6 Å². The number of hydrogen-bond acceptors (Lipinski definition) is 3. The molecule has 3 rings (SSSR count). The number of fused-ring (bicyclic) bond motifs is 1. The molecule has 108 valence electrons. The maximum Gasteiger partial charge on any atom is 0.146 e. The van der Waals surface area contributed by atoms with Gasteiger partial charge in [-0.1, -0.05) is 28.1 Å². The molecule has 0 fully saturated rings. The summed E-state index contributed by atoms with van der Waals surface area (Å²) < 4.78 is 12.5. The van der Waals surface area contributed by atoms with E-state index in [0.29, 0.717) is 13.2 Å². The van der Waals surface area contributed by atoms with Gasteiger partial charge in [-0.3, -0.25) is 0 Å². The van der Waals surface area contributed by atoms with E-state index >= 15 is 0 Å². The van der Waals surface area contributed by atoms with Gasteiger partial charge in [-0.05, 0) is 48.0 Å². The zero-order chi connectivity index (χ0) is 14.8. The number of aryl methyl sites for hydroxylation is 1. The molecule has 3 nitrogen and oxygen atoms in total. The molecule has 4 heteroatoms. The van der Waals surface area contributed by atoms with E-state index in [-0.39, 0.29) is 0 Å². The van der Waals surface area contributed by atoms with Crippen molar-refractivity contribution in [3.8, 4) is 5.75 Å². The minimum absolute atomic E-state index is 0.406. The molecule has 0 saturated carbocycles. The number of benzene rings is 2. The van der Waals surface area contributed by atoms with Crippen LogP contribution in [0.25, 0.3) is 10.8 Å². The Balaban J connectivity index is 1.76. The molecule has 0 atom stereocenters. The van der Waals surface area contributed by atoms with Crippen molar-refractivity contribution in [3.05, 3.63) is 64.0 Å². The second-order valence-electron chi connectivity index (χ2n) is 4.94. The second kappa shape index (κ2) is 5.92. The van der Waals surface area contributed by atoms with Crippen molar-refractivity contribution in [2.45, 2.75) is 20.1 Å². The highest BCUT2D eigenvalue weighted by molar-refractivity contribution is 9.10. The zero-order valence-electron chi connectivity index (χ0n) is 11.7. The molecular weight excluding hydrogens is 330 g/mol. The van der Waals surface area contributed by atoms with Crippen LogP contribution in [0.4, 0.5) is 0 Å². The van der Waals surface area contributed by atoms with E-state index in [4.69, 9.17) is 14.9 Å². The molecule has 2 N–H and O–H groups in total. The third kappa shape index (κ3) is 3.12. The van der Waals surface area contributed by atoms with Crippen molar-refractivity contribution in [3.63, 3.8) is 0 Å². The van der Waals surface area contributed by atoms with Gasteiger partial charge < -0.3 is 14.9 Å². The summed E-state index contributed by atoms with van der Waals surface area (Å²) in [6.07, 6.45) is 0. The Bertz CT molecular complexity index is 780. The number of ether oxygens (including phenoxy) is 1. The fraction of sp³-hybridized carbons (Fsp3) is 0.176. The standard InChI is InChI=1S/C17H16BrNO2/c1-11-14(9-19)8-17(21-11)10-20-16-5-3-12-6-15(18)4-2-13(12)7-16/h2-8H,9-10,19H2,1H3. The van der Waals surface area contributed by atoms with E-state index in [1.807, 2.05) is 37.3 Å². The van der Waals surface area contributed by atoms with Crippen LogP contribution in [0.15, 0.2) is 51.4 Å². The van der Waals surface area contributed by atoms with E-state index in [9.17, 15) is 0 Å². The van der Waals surface area contributed by atoms with Crippen LogP contribution < -0.4 is 10.5 Å². The van der Waals surface area contributed by atoms with Gasteiger partial charge >= 0.3 is 0 Å². The Morgan fingerprint density at radius 1 is 1.10 bits per heavy atom. The highest BCUT2D eigenvalue weighted by Gasteiger charge is 2.07. The summed E-state index contributed by atoms with van der Waals surface area (Å²) >= 11 is 3.47. The number of halogens is 1. The van der Waals surface area contributed by atoms with Gasteiger partial charge in [0.05, 0.1) is 0 Å². The molecule has 0 aliphatic carbocycles. The van der Waals surface area contributed by atoms with Crippen LogP contribution in [-0.4, -0.2) is 0 Å². The van der Waals surface area contributed by atoms with Crippen LogP contribution in [-0.2, 0) is 13.2 Å². The third-order valence-electron chi connectivity index (χ3n) is 3.45. The first-order valence-electron chi connectivity index (χ1n) is 6.76. The molecule has 21 heavy (non-hydrogen) atoms. The summed E-state index contributed by atoms with van der Waals surface area (Å²) in [6.45, 7) is 2.81. The molecule has 0 unspecified atom stereocenters. The molecule has 0 spiro atoms. The van der Waals surface area contributed by atoms with E-state index < -0.39 is 0 Å². The number of furan rings is 1. The van der Waals surface area contributed by atoms with Gasteiger partial charge in [-0.2, -0.15) is 0 Å². The maximum atomic E-state index is 5.80. The molecule has 0 bridgehead atoms. The van der Waals surface area contributed by atoms with Crippen LogP contribution in [0.3, 0.4) is 0 Å². The lowest BCUT2D eigenvalue weighted by molar-refractivity contribution is 0.268. The average Bonchev–Trinajstić information content (AvgIpc) is 2.85. The zero-order valence-corrected chi connectivity index (χ0v) is 13.3. The van der Waals surface area contributed by atoms with Crippen LogP contribution >= 0.6 is 15.9 Å². The van der Waals surface area contributed by atoms with Crippen molar-refractivity contribution in [1.29, 1.82) is 0 Å². The van der Waals surface area contributed by atoms with Crippen molar-refractivity contribution in [1.82, 2.24) is 0 Å². The average molecular weight is 346 g/mol. The first-order valence-corrected chi connectivity index (χ1v) is 7.55. The second-order valence-corrected chi connectivity index (χ2v) is 5.86. The Morgan fingerprint density at radius 3 is 2.62 bits per heavy atom. The fourth-order valence-electron chi connectivity index (χ4n) is 2.30. The van der Waals surface area contributed by atoms with Crippen LogP contribution in [0.2, 0.25) is 0 Å². The summed E-state index contributed by atoms with van der Waals surface area (Å²) in [7, 11) is 0. The Hall–Kier alpha value is -1.78. The number of rotatable bonds is 4. The first kappa shape index (κ1) is 14.2. The monoisotopic (exact) mass is 345 g/mol. The highest BCUT2D eigenvalue weighted by Crippen LogP contribution is 2.25. The summed E-state index contributed by atoms with van der Waals surface area (Å²) in [5, 5.41) is 2.32. The van der Waals surface area contributed by atoms with Gasteiger partial charge in [-0.25, -0.2) is 0 Å². The molecule has 1 aromatic heterocycles. The van der Waals surface area contributed by atoms with E-state index in [1.54, 1.807) is 0 Å². The number of hydrogen-bond donors (Lipinski definition) is 1. The smallest absolute Gasteiger partial charge is 0.146 e. The summed E-state index contributed by atoms with van der Waals surface area (Å²) in [4.78, 5) is 0. The van der Waals surface area contributed by atoms with Gasteiger partial charge in [0.1, 0.15) is 23.9 Å². The molecule has 0 aliphatic heterocycles. The normalized spacial score (nSPS) is 11.0. The molecule has 0 radical (unpaired) electrons. The quantitative estimate of drug-likeness (QED) is 0.754. The van der Waals surface area contributed by atoms with Gasteiger partial charge in [0.15, 0.2) is 0 Å². The SMILES string of the molecule is Cc1oc(COc2ccc3cc(Br)ccc3c2)cc1CN. The summed E-state index contributed by atoms with van der Waals surface area (Å²) in [6, 6.07) is 14.2. The fourth-order valence-corrected chi connectivity index (χ4v) is 2.68. The van der Waals surface area contributed by atoms with Gasteiger partial charge in [0.2, 0.25) is 0 Å². The highest BCUT2D eigenvalue weighted by atomic mass is 79.9. The summed E-state index contributed by atoms with van der Waals surface area (Å²) in [5.41, 5.74) is 6.67. The largest absolute Gasteiger partial charge is 0.486 e. The van der Waals surface area contributed by atoms with Gasteiger partial charge in [0.25, 0.3) is 0 Å². The maximum absolute atomic E-state index is 5.80. The molecule has 0 amide bonds. The van der Waals surface area contributed by atoms with E-state index in [1.165, 1.54) is 5.39 Å². The molecular formula is C17H16BrNO2. The van der Waals surface area contributed by atoms with Crippen molar-refractivity contribution < 1.29 is 9.15 Å². The van der Waals surface area contributed by atoms with Crippen LogP contribution in [0.1, 0.15) is 17.1 Å². The summed E-state index contributed by atoms with van der Waals surface area (Å²) in [5.74, 6) is 2.48. The molecule has 1 heterocycles. The Labute approximate surface area is 131 Å². The lowest BCUT2D eigenvalue weighted by Crippen LogP contribution is -1.96. The minimum Gasteiger partial charge on any atom is -0.486 e. The van der Waals surface area contributed by atoms with E-state index in [0.717, 1.165) is 32.7 Å². The molecule has 2 aromatic carbocycles. The van der Waals surface area contributed by atoms with Crippen LogP contribution in [0, 0.1) is 6.92 Å². The van der Waals surface area contributed by atoms with Crippen LogP contribution in [0.5, 0.6) is 5.75 Å². The molecule has 0 aliphatic rings. The first-order chi connectivity index (χ1) is 10.2. The lowest BCUT2D eigenvalue weighted by atomic mass is 10.1. The molecule has 3 aromatic rings. The van der Waals surface area contributed by atoms with Crippen molar-refractivity contribution in [2.24, 2.45) is 5.73 Å². The topological polar surface area (TPSA) is 48.4 Å². The Kier molecular flexibility index (Phi) is 3.99. The minimum atomic E-state index is 0.406. The predicted octanol–water partition coefficient (Wildman–Crippen LogP) is 4.54.